The van der Waals surface area contributed by atoms with Gasteiger partial charge < -0.3 is 10.1 Å². The number of hydrogen-bond acceptors (Lipinski definition) is 4. The molecule has 0 radical (unpaired) electrons. The van der Waals surface area contributed by atoms with Crippen LogP contribution in [0.2, 0.25) is 0 Å². The summed E-state index contributed by atoms with van der Waals surface area (Å²) in [7, 11) is -1.55. The number of rotatable bonds is 7. The van der Waals surface area contributed by atoms with Gasteiger partial charge in [-0.3, -0.25) is 4.79 Å². The van der Waals surface area contributed by atoms with Crippen LogP contribution in [-0.2, 0) is 21.2 Å². The first-order valence-corrected chi connectivity index (χ1v) is 9.40. The molecule has 8 heteroatoms. The third-order valence-electron chi connectivity index (χ3n) is 3.83. The van der Waals surface area contributed by atoms with Crippen LogP contribution in [0.25, 0.3) is 0 Å². The molecule has 0 saturated heterocycles. The fraction of sp³-hybridized carbons (Fsp3) is 0.278. The third-order valence-corrected chi connectivity index (χ3v) is 5.65. The molecule has 0 bridgehead atoms. The van der Waals surface area contributed by atoms with Crippen LogP contribution in [0.1, 0.15) is 12.5 Å². The van der Waals surface area contributed by atoms with Crippen molar-refractivity contribution in [2.75, 3.05) is 26.0 Å². The van der Waals surface area contributed by atoms with E-state index in [2.05, 4.69) is 5.32 Å². The van der Waals surface area contributed by atoms with Crippen molar-refractivity contribution < 1.29 is 22.3 Å². The lowest BCUT2D eigenvalue weighted by molar-refractivity contribution is -0.116. The van der Waals surface area contributed by atoms with Gasteiger partial charge in [-0.2, -0.15) is 4.31 Å². The first kappa shape index (κ1) is 19.9. The van der Waals surface area contributed by atoms with Crippen molar-refractivity contribution in [3.8, 4) is 5.75 Å². The number of carbonyl (C=O) groups is 1. The maximum Gasteiger partial charge on any atom is 0.247 e. The highest BCUT2D eigenvalue weighted by Crippen LogP contribution is 2.26. The molecular weight excluding hydrogens is 359 g/mol. The fourth-order valence-corrected chi connectivity index (χ4v) is 3.62. The second-order valence-electron chi connectivity index (χ2n) is 5.65. The van der Waals surface area contributed by atoms with Gasteiger partial charge in [0.2, 0.25) is 15.9 Å². The summed E-state index contributed by atoms with van der Waals surface area (Å²) >= 11 is 0. The van der Waals surface area contributed by atoms with Gasteiger partial charge in [0, 0.05) is 12.7 Å². The summed E-state index contributed by atoms with van der Waals surface area (Å²) in [5.74, 6) is -1.21. The van der Waals surface area contributed by atoms with Gasteiger partial charge in [0.05, 0.1) is 13.7 Å². The minimum atomic E-state index is -4.09. The van der Waals surface area contributed by atoms with Crippen LogP contribution in [-0.4, -0.2) is 39.3 Å². The molecular formula is C18H21FN2O4S. The maximum absolute atomic E-state index is 13.5. The Morgan fingerprint density at radius 2 is 1.85 bits per heavy atom. The summed E-state index contributed by atoms with van der Waals surface area (Å²) in [5.41, 5.74) is 1.70. The Balaban J connectivity index is 2.13. The van der Waals surface area contributed by atoms with Crippen molar-refractivity contribution in [3.05, 3.63) is 53.8 Å². The fourth-order valence-electron chi connectivity index (χ4n) is 2.33. The Morgan fingerprint density at radius 3 is 2.42 bits per heavy atom. The predicted molar refractivity (Wildman–Crippen MR) is 97.2 cm³/mol. The number of sulfonamides is 1. The zero-order valence-electron chi connectivity index (χ0n) is 14.8. The lowest BCUT2D eigenvalue weighted by atomic mass is 10.1. The van der Waals surface area contributed by atoms with Crippen molar-refractivity contribution in [2.24, 2.45) is 0 Å². The molecule has 0 unspecified atom stereocenters. The van der Waals surface area contributed by atoms with E-state index in [4.69, 9.17) is 4.74 Å². The molecule has 0 aliphatic heterocycles. The second-order valence-corrected chi connectivity index (χ2v) is 7.67. The van der Waals surface area contributed by atoms with Crippen molar-refractivity contribution in [3.63, 3.8) is 0 Å². The third kappa shape index (κ3) is 4.59. The Kier molecular flexibility index (Phi) is 6.33. The van der Waals surface area contributed by atoms with Crippen LogP contribution in [0.4, 0.5) is 10.1 Å². The molecule has 1 amide bonds. The van der Waals surface area contributed by atoms with Gasteiger partial charge >= 0.3 is 0 Å². The van der Waals surface area contributed by atoms with Gasteiger partial charge in [0.25, 0.3) is 0 Å². The number of hydrogen-bond donors (Lipinski definition) is 1. The van der Waals surface area contributed by atoms with Gasteiger partial charge in [-0.1, -0.05) is 19.1 Å². The van der Waals surface area contributed by atoms with E-state index in [1.165, 1.54) is 20.2 Å². The van der Waals surface area contributed by atoms with E-state index < -0.39 is 28.3 Å². The molecule has 0 heterocycles. The second kappa shape index (κ2) is 8.29. The van der Waals surface area contributed by atoms with E-state index >= 15 is 0 Å². The summed E-state index contributed by atoms with van der Waals surface area (Å²) in [6.07, 6.45) is 0.880. The smallest absolute Gasteiger partial charge is 0.247 e. The lowest BCUT2D eigenvalue weighted by Crippen LogP contribution is -2.35. The topological polar surface area (TPSA) is 75.7 Å². The normalized spacial score (nSPS) is 11.4. The molecule has 0 atom stereocenters. The van der Waals surface area contributed by atoms with Crippen LogP contribution in [0, 0.1) is 5.82 Å². The van der Waals surface area contributed by atoms with E-state index in [-0.39, 0.29) is 10.6 Å². The van der Waals surface area contributed by atoms with Crippen molar-refractivity contribution >= 4 is 21.6 Å². The van der Waals surface area contributed by atoms with Crippen LogP contribution < -0.4 is 10.1 Å². The molecule has 2 aromatic carbocycles. The standard InChI is InChI=1S/C18H21FN2O4S/c1-4-13-5-8-15(9-6-13)20-18(22)12-21(2)26(23,24)17-11-14(19)7-10-16(17)25-3/h5-11H,4,12H2,1-3H3,(H,20,22). The molecule has 140 valence electrons. The van der Waals surface area contributed by atoms with Gasteiger partial charge in [-0.25, -0.2) is 12.8 Å². The highest BCUT2D eigenvalue weighted by Gasteiger charge is 2.27. The predicted octanol–water partition coefficient (Wildman–Crippen LogP) is 2.66. The summed E-state index contributed by atoms with van der Waals surface area (Å²) in [5, 5.41) is 2.64. The molecule has 0 aliphatic rings. The molecule has 26 heavy (non-hydrogen) atoms. The number of ether oxygens (including phenoxy) is 1. The quantitative estimate of drug-likeness (QED) is 0.801. The van der Waals surface area contributed by atoms with Crippen LogP contribution >= 0.6 is 0 Å². The maximum atomic E-state index is 13.5. The van der Waals surface area contributed by atoms with Gasteiger partial charge in [0.1, 0.15) is 16.5 Å². The first-order valence-electron chi connectivity index (χ1n) is 7.96. The number of likely N-dealkylation sites (N-methyl/N-ethyl adjacent to an activating group) is 1. The van der Waals surface area contributed by atoms with Crippen LogP contribution in [0.15, 0.2) is 47.4 Å². The minimum Gasteiger partial charge on any atom is -0.495 e. The number of aryl methyl sites for hydroxylation is 1. The minimum absolute atomic E-state index is 0.00816. The summed E-state index contributed by atoms with van der Waals surface area (Å²) in [4.78, 5) is 11.8. The summed E-state index contributed by atoms with van der Waals surface area (Å²) in [6.45, 7) is 1.60. The molecule has 0 fully saturated rings. The van der Waals surface area contributed by atoms with E-state index in [1.807, 2.05) is 19.1 Å². The lowest BCUT2D eigenvalue weighted by Gasteiger charge is -2.18. The number of nitrogens with one attached hydrogen (secondary N) is 1. The van der Waals surface area contributed by atoms with Crippen molar-refractivity contribution in [1.29, 1.82) is 0 Å². The van der Waals surface area contributed by atoms with E-state index in [1.54, 1.807) is 12.1 Å². The molecule has 6 nitrogen and oxygen atoms in total. The van der Waals surface area contributed by atoms with E-state index in [0.29, 0.717) is 5.69 Å². The number of amides is 1. The zero-order chi connectivity index (χ0) is 19.3. The Hall–Kier alpha value is -2.45. The van der Waals surface area contributed by atoms with Crippen LogP contribution in [0.3, 0.4) is 0 Å². The molecule has 1 N–H and O–H groups in total. The molecule has 0 aromatic heterocycles. The highest BCUT2D eigenvalue weighted by atomic mass is 32.2. The summed E-state index contributed by atoms with van der Waals surface area (Å²) in [6, 6.07) is 10.5. The SMILES string of the molecule is CCc1ccc(NC(=O)CN(C)S(=O)(=O)c2cc(F)ccc2OC)cc1. The zero-order valence-corrected chi connectivity index (χ0v) is 15.6. The van der Waals surface area contributed by atoms with Gasteiger partial charge in [-0.15, -0.1) is 0 Å². The number of halogens is 1. The molecule has 0 saturated carbocycles. The highest BCUT2D eigenvalue weighted by molar-refractivity contribution is 7.89. The monoisotopic (exact) mass is 380 g/mol. The average Bonchev–Trinajstić information content (AvgIpc) is 2.62. The number of methoxy groups -OCH3 is 1. The Morgan fingerprint density at radius 1 is 1.19 bits per heavy atom. The van der Waals surface area contributed by atoms with Gasteiger partial charge in [-0.05, 0) is 42.3 Å². The van der Waals surface area contributed by atoms with Crippen molar-refractivity contribution in [1.82, 2.24) is 4.31 Å². The number of carbonyl (C=O) groups excluding carboxylic acids is 1. The average molecular weight is 380 g/mol. The molecule has 0 aliphatic carbocycles. The molecule has 2 aromatic rings. The first-order chi connectivity index (χ1) is 12.3. The largest absolute Gasteiger partial charge is 0.495 e. The Labute approximate surface area is 152 Å². The van der Waals surface area contributed by atoms with E-state index in [9.17, 15) is 17.6 Å². The van der Waals surface area contributed by atoms with E-state index in [0.717, 1.165) is 28.4 Å². The van der Waals surface area contributed by atoms with Crippen molar-refractivity contribution in [2.45, 2.75) is 18.2 Å². The molecule has 2 rings (SSSR count). The summed E-state index contributed by atoms with van der Waals surface area (Å²) < 4.78 is 44.6. The van der Waals surface area contributed by atoms with Gasteiger partial charge in [0.15, 0.2) is 0 Å². The number of anilines is 1. The van der Waals surface area contributed by atoms with Crippen LogP contribution in [0.5, 0.6) is 5.75 Å². The number of benzene rings is 2. The molecule has 0 spiro atoms. The number of nitrogens with zero attached hydrogens (tertiary/aromatic N) is 1. The Bertz CT molecular complexity index is 883.